The molecular formula is C13H22N6O7S. The Balaban J connectivity index is 5.00. The Morgan fingerprint density at radius 3 is 1.81 bits per heavy atom. The molecular weight excluding hydrogens is 384 g/mol. The summed E-state index contributed by atoms with van der Waals surface area (Å²) in [5, 5.41) is 14.9. The second-order valence-corrected chi connectivity index (χ2v) is 5.73. The SMILES string of the molecule is NC(=O)CC(N)C(=O)NC(CS)C(=O)NC(CC(N)=O)C(=O)NCC(=O)O. The monoisotopic (exact) mass is 406 g/mol. The Morgan fingerprint density at radius 2 is 1.37 bits per heavy atom. The maximum absolute atomic E-state index is 12.2. The van der Waals surface area contributed by atoms with Crippen LogP contribution in [0.3, 0.4) is 0 Å². The zero-order valence-corrected chi connectivity index (χ0v) is 15.0. The van der Waals surface area contributed by atoms with Crippen LogP contribution in [0.4, 0.5) is 0 Å². The van der Waals surface area contributed by atoms with E-state index in [0.29, 0.717) is 0 Å². The molecule has 0 radical (unpaired) electrons. The fourth-order valence-corrected chi connectivity index (χ4v) is 2.01. The molecule has 0 bridgehead atoms. The lowest BCUT2D eigenvalue weighted by atomic mass is 10.1. The van der Waals surface area contributed by atoms with E-state index >= 15 is 0 Å². The summed E-state index contributed by atoms with van der Waals surface area (Å²) in [4.78, 5) is 68.3. The van der Waals surface area contributed by atoms with E-state index in [1.807, 2.05) is 5.32 Å². The van der Waals surface area contributed by atoms with Gasteiger partial charge < -0.3 is 38.3 Å². The molecule has 0 saturated heterocycles. The van der Waals surface area contributed by atoms with Gasteiger partial charge in [-0.1, -0.05) is 0 Å². The maximum Gasteiger partial charge on any atom is 0.322 e. The third-order valence-electron chi connectivity index (χ3n) is 3.03. The van der Waals surface area contributed by atoms with Gasteiger partial charge in [0.15, 0.2) is 0 Å². The van der Waals surface area contributed by atoms with Crippen molar-refractivity contribution in [1.29, 1.82) is 0 Å². The van der Waals surface area contributed by atoms with Crippen molar-refractivity contribution in [2.24, 2.45) is 17.2 Å². The quantitative estimate of drug-likeness (QED) is 0.146. The number of nitrogens with one attached hydrogen (secondary N) is 3. The molecule has 0 aromatic heterocycles. The largest absolute Gasteiger partial charge is 0.480 e. The van der Waals surface area contributed by atoms with Gasteiger partial charge in [-0.2, -0.15) is 12.6 Å². The number of carboxylic acids is 1. The Kier molecular flexibility index (Phi) is 10.4. The summed E-state index contributed by atoms with van der Waals surface area (Å²) < 4.78 is 0. The topological polar surface area (TPSA) is 237 Å². The number of aliphatic carboxylic acids is 1. The van der Waals surface area contributed by atoms with Gasteiger partial charge in [-0.3, -0.25) is 28.8 Å². The molecule has 0 rings (SSSR count). The Labute approximate surface area is 159 Å². The number of nitrogens with two attached hydrogens (primary N) is 3. The number of thiol groups is 1. The number of amides is 5. The molecule has 0 aliphatic heterocycles. The van der Waals surface area contributed by atoms with E-state index in [0.717, 1.165) is 0 Å². The number of hydrogen-bond donors (Lipinski definition) is 8. The van der Waals surface area contributed by atoms with Crippen molar-refractivity contribution in [3.8, 4) is 0 Å². The standard InChI is InChI=1S/C13H22N6O7S/c14-5(1-8(15)20)11(24)19-7(4-27)13(26)18-6(2-9(16)21)12(25)17-3-10(22)23/h5-7,27H,1-4,14H2,(H2,15,20)(H2,16,21)(H,17,25)(H,18,26)(H,19,24)(H,22,23). The molecule has 3 unspecified atom stereocenters. The molecule has 0 heterocycles. The molecule has 10 N–H and O–H groups in total. The average Bonchev–Trinajstić information content (AvgIpc) is 2.55. The fourth-order valence-electron chi connectivity index (χ4n) is 1.75. The molecule has 13 nitrogen and oxygen atoms in total. The predicted octanol–water partition coefficient (Wildman–Crippen LogP) is -4.84. The van der Waals surface area contributed by atoms with Crippen molar-refractivity contribution in [2.75, 3.05) is 12.3 Å². The summed E-state index contributed by atoms with van der Waals surface area (Å²) in [7, 11) is 0. The third-order valence-corrected chi connectivity index (χ3v) is 3.39. The third kappa shape index (κ3) is 10.0. The smallest absolute Gasteiger partial charge is 0.322 e. The highest BCUT2D eigenvalue weighted by Crippen LogP contribution is 1.98. The van der Waals surface area contributed by atoms with Crippen LogP contribution in [0.2, 0.25) is 0 Å². The van der Waals surface area contributed by atoms with Crippen LogP contribution in [-0.4, -0.2) is 71.0 Å². The number of rotatable bonds is 12. The van der Waals surface area contributed by atoms with Crippen LogP contribution >= 0.6 is 12.6 Å². The molecule has 0 aromatic carbocycles. The van der Waals surface area contributed by atoms with Gasteiger partial charge in [-0.25, -0.2) is 0 Å². The van der Waals surface area contributed by atoms with E-state index in [1.165, 1.54) is 0 Å². The molecule has 0 fully saturated rings. The van der Waals surface area contributed by atoms with Crippen LogP contribution in [0.15, 0.2) is 0 Å². The molecule has 0 aromatic rings. The normalized spacial score (nSPS) is 13.6. The van der Waals surface area contributed by atoms with Crippen molar-refractivity contribution in [1.82, 2.24) is 16.0 Å². The highest BCUT2D eigenvalue weighted by molar-refractivity contribution is 7.80. The van der Waals surface area contributed by atoms with E-state index in [9.17, 15) is 28.8 Å². The first-order chi connectivity index (χ1) is 12.5. The predicted molar refractivity (Wildman–Crippen MR) is 94.0 cm³/mol. The summed E-state index contributed by atoms with van der Waals surface area (Å²) in [5.41, 5.74) is 15.4. The van der Waals surface area contributed by atoms with Gasteiger partial charge in [0.1, 0.15) is 18.6 Å². The molecule has 0 spiro atoms. The van der Waals surface area contributed by atoms with E-state index in [4.69, 9.17) is 22.3 Å². The van der Waals surface area contributed by atoms with E-state index < -0.39 is 73.0 Å². The zero-order valence-electron chi connectivity index (χ0n) is 14.1. The van der Waals surface area contributed by atoms with Crippen LogP contribution < -0.4 is 33.2 Å². The van der Waals surface area contributed by atoms with Crippen molar-refractivity contribution in [2.45, 2.75) is 31.0 Å². The molecule has 152 valence electrons. The lowest BCUT2D eigenvalue weighted by Gasteiger charge is -2.22. The molecule has 14 heteroatoms. The zero-order chi connectivity index (χ0) is 21.1. The second-order valence-electron chi connectivity index (χ2n) is 5.36. The van der Waals surface area contributed by atoms with Crippen molar-refractivity contribution < 1.29 is 33.9 Å². The van der Waals surface area contributed by atoms with E-state index in [-0.39, 0.29) is 5.75 Å². The first-order valence-corrected chi connectivity index (χ1v) is 8.14. The minimum atomic E-state index is -1.46. The first-order valence-electron chi connectivity index (χ1n) is 7.51. The number of carbonyl (C=O) groups is 6. The van der Waals surface area contributed by atoms with Gasteiger partial charge in [0, 0.05) is 5.75 Å². The van der Waals surface area contributed by atoms with Crippen molar-refractivity contribution in [3.63, 3.8) is 0 Å². The number of hydrogen-bond acceptors (Lipinski definition) is 8. The minimum absolute atomic E-state index is 0.207. The van der Waals surface area contributed by atoms with Gasteiger partial charge >= 0.3 is 5.97 Å². The number of carboxylic acid groups (broad SMARTS) is 1. The molecule has 0 aliphatic carbocycles. The summed E-state index contributed by atoms with van der Waals surface area (Å²) >= 11 is 3.90. The van der Waals surface area contributed by atoms with Gasteiger partial charge in [0.2, 0.25) is 29.5 Å². The number of primary amides is 2. The first kappa shape index (κ1) is 24.1. The highest BCUT2D eigenvalue weighted by Gasteiger charge is 2.28. The Morgan fingerprint density at radius 1 is 0.852 bits per heavy atom. The number of carbonyl (C=O) groups excluding carboxylic acids is 5. The van der Waals surface area contributed by atoms with E-state index in [1.54, 1.807) is 0 Å². The van der Waals surface area contributed by atoms with Crippen LogP contribution in [0.25, 0.3) is 0 Å². The molecule has 3 atom stereocenters. The van der Waals surface area contributed by atoms with Gasteiger partial charge in [0.05, 0.1) is 18.9 Å². The lowest BCUT2D eigenvalue weighted by molar-refractivity contribution is -0.138. The summed E-state index contributed by atoms with van der Waals surface area (Å²) in [6.45, 7) is -0.737. The summed E-state index contributed by atoms with van der Waals surface area (Å²) in [6.07, 6.45) is -1.06. The molecule has 0 aliphatic rings. The molecule has 27 heavy (non-hydrogen) atoms. The van der Waals surface area contributed by atoms with Crippen molar-refractivity contribution >= 4 is 48.1 Å². The summed E-state index contributed by atoms with van der Waals surface area (Å²) in [5.74, 6) is -6.01. The van der Waals surface area contributed by atoms with Crippen LogP contribution in [0.5, 0.6) is 0 Å². The minimum Gasteiger partial charge on any atom is -0.480 e. The van der Waals surface area contributed by atoms with Crippen LogP contribution in [0.1, 0.15) is 12.8 Å². The van der Waals surface area contributed by atoms with Gasteiger partial charge in [-0.15, -0.1) is 0 Å². The molecule has 0 saturated carbocycles. The Hall–Kier alpha value is -2.87. The second kappa shape index (κ2) is 11.7. The van der Waals surface area contributed by atoms with Gasteiger partial charge in [-0.05, 0) is 0 Å². The van der Waals surface area contributed by atoms with Gasteiger partial charge in [0.25, 0.3) is 0 Å². The van der Waals surface area contributed by atoms with E-state index in [2.05, 4.69) is 23.3 Å². The van der Waals surface area contributed by atoms with Crippen LogP contribution in [0, 0.1) is 0 Å². The van der Waals surface area contributed by atoms with Crippen LogP contribution in [-0.2, 0) is 28.8 Å². The fraction of sp³-hybridized carbons (Fsp3) is 0.538. The summed E-state index contributed by atoms with van der Waals surface area (Å²) in [6, 6.07) is -4.02. The lowest BCUT2D eigenvalue weighted by Crippen LogP contribution is -2.57. The Bertz CT molecular complexity index is 614. The molecule has 5 amide bonds. The van der Waals surface area contributed by atoms with Crippen molar-refractivity contribution in [3.05, 3.63) is 0 Å². The average molecular weight is 406 g/mol. The maximum atomic E-state index is 12.2. The highest BCUT2D eigenvalue weighted by atomic mass is 32.1.